The maximum atomic E-state index is 12.4. The third-order valence-corrected chi connectivity index (χ3v) is 4.85. The lowest BCUT2D eigenvalue weighted by molar-refractivity contribution is -0.386. The molecule has 0 spiro atoms. The highest BCUT2D eigenvalue weighted by Gasteiger charge is 2.26. The first-order chi connectivity index (χ1) is 10.1. The highest BCUT2D eigenvalue weighted by atomic mass is 35.5. The third kappa shape index (κ3) is 2.94. The van der Waals surface area contributed by atoms with Gasteiger partial charge in [-0.3, -0.25) is 10.1 Å². The Kier molecular flexibility index (Phi) is 4.19. The number of phenols is 2. The number of nitro benzene ring substituents is 1. The minimum absolute atomic E-state index is 0.0589. The van der Waals surface area contributed by atoms with Crippen molar-refractivity contribution in [1.29, 1.82) is 0 Å². The van der Waals surface area contributed by atoms with E-state index in [1.807, 2.05) is 0 Å². The molecule has 10 heteroatoms. The first-order valence-corrected chi connectivity index (χ1v) is 7.78. The number of aromatic hydroxyl groups is 2. The SMILES string of the molecule is O=[N+]([O-])c1cc(S(=O)(=O)c2cc(Cl)cc(Cl)c2)cc(O)c1O. The molecule has 0 heterocycles. The lowest BCUT2D eigenvalue weighted by Crippen LogP contribution is -2.03. The van der Waals surface area contributed by atoms with Crippen molar-refractivity contribution >= 4 is 38.7 Å². The van der Waals surface area contributed by atoms with Crippen LogP contribution in [0.4, 0.5) is 5.69 Å². The Bertz CT molecular complexity index is 861. The van der Waals surface area contributed by atoms with Crippen LogP contribution in [0.25, 0.3) is 0 Å². The molecule has 2 rings (SSSR count). The smallest absolute Gasteiger partial charge is 0.315 e. The monoisotopic (exact) mass is 363 g/mol. The van der Waals surface area contributed by atoms with Gasteiger partial charge in [-0.1, -0.05) is 23.2 Å². The van der Waals surface area contributed by atoms with Gasteiger partial charge in [-0.25, -0.2) is 8.42 Å². The lowest BCUT2D eigenvalue weighted by atomic mass is 10.3. The number of sulfone groups is 1. The van der Waals surface area contributed by atoms with Gasteiger partial charge < -0.3 is 10.2 Å². The predicted molar refractivity (Wildman–Crippen MR) is 78.3 cm³/mol. The Morgan fingerprint density at radius 2 is 1.45 bits per heavy atom. The summed E-state index contributed by atoms with van der Waals surface area (Å²) in [7, 11) is -4.22. The maximum Gasteiger partial charge on any atom is 0.315 e. The van der Waals surface area contributed by atoms with Crippen molar-refractivity contribution in [2.75, 3.05) is 0 Å². The molecule has 0 radical (unpaired) electrons. The first kappa shape index (κ1) is 16.3. The van der Waals surface area contributed by atoms with Crippen LogP contribution in [-0.2, 0) is 9.84 Å². The van der Waals surface area contributed by atoms with Crippen molar-refractivity contribution < 1.29 is 23.6 Å². The van der Waals surface area contributed by atoms with Crippen LogP contribution in [0.2, 0.25) is 10.0 Å². The van der Waals surface area contributed by atoms with Crippen molar-refractivity contribution in [3.05, 3.63) is 50.5 Å². The summed E-state index contributed by atoms with van der Waals surface area (Å²) >= 11 is 11.5. The van der Waals surface area contributed by atoms with Crippen LogP contribution >= 0.6 is 23.2 Å². The number of hydrogen-bond donors (Lipinski definition) is 2. The molecule has 0 unspecified atom stereocenters. The zero-order chi connectivity index (χ0) is 16.7. The summed E-state index contributed by atoms with van der Waals surface area (Å²) < 4.78 is 24.9. The molecule has 0 bridgehead atoms. The molecule has 0 atom stereocenters. The second-order valence-electron chi connectivity index (χ2n) is 4.18. The second-order valence-corrected chi connectivity index (χ2v) is 7.00. The van der Waals surface area contributed by atoms with Crippen LogP contribution in [0.15, 0.2) is 40.1 Å². The lowest BCUT2D eigenvalue weighted by Gasteiger charge is -2.07. The molecule has 2 aromatic rings. The van der Waals surface area contributed by atoms with E-state index in [0.717, 1.165) is 12.1 Å². The average molecular weight is 364 g/mol. The summed E-state index contributed by atoms with van der Waals surface area (Å²) in [6, 6.07) is 4.88. The van der Waals surface area contributed by atoms with E-state index < -0.39 is 36.8 Å². The van der Waals surface area contributed by atoms with Gasteiger partial charge in [-0.05, 0) is 18.2 Å². The molecule has 0 fully saturated rings. The van der Waals surface area contributed by atoms with E-state index in [2.05, 4.69) is 0 Å². The van der Waals surface area contributed by atoms with E-state index in [4.69, 9.17) is 23.2 Å². The fraction of sp³-hybridized carbons (Fsp3) is 0. The maximum absolute atomic E-state index is 12.4. The van der Waals surface area contributed by atoms with Gasteiger partial charge >= 0.3 is 5.69 Å². The summed E-state index contributed by atoms with van der Waals surface area (Å²) in [5.41, 5.74) is -0.938. The molecule has 22 heavy (non-hydrogen) atoms. The standard InChI is InChI=1S/C12H7Cl2NO6S/c13-6-1-7(14)3-8(2-6)22(20,21)9-4-10(15(18)19)12(17)11(16)5-9/h1-5,16-17H. The second kappa shape index (κ2) is 5.64. The van der Waals surface area contributed by atoms with Crippen molar-refractivity contribution in [1.82, 2.24) is 0 Å². The summed E-state index contributed by atoms with van der Waals surface area (Å²) in [6.45, 7) is 0. The van der Waals surface area contributed by atoms with Crippen LogP contribution in [0.1, 0.15) is 0 Å². The highest BCUT2D eigenvalue weighted by Crippen LogP contribution is 2.39. The van der Waals surface area contributed by atoms with E-state index in [1.165, 1.54) is 6.07 Å². The number of benzene rings is 2. The van der Waals surface area contributed by atoms with Gasteiger partial charge in [0.05, 0.1) is 14.7 Å². The van der Waals surface area contributed by atoms with Gasteiger partial charge in [0.2, 0.25) is 15.6 Å². The minimum Gasteiger partial charge on any atom is -0.504 e. The van der Waals surface area contributed by atoms with Gasteiger partial charge in [-0.15, -0.1) is 0 Å². The van der Waals surface area contributed by atoms with Crippen LogP contribution in [0.3, 0.4) is 0 Å². The van der Waals surface area contributed by atoms with E-state index in [0.29, 0.717) is 12.1 Å². The summed E-state index contributed by atoms with van der Waals surface area (Å²) in [4.78, 5) is 8.90. The molecule has 7 nitrogen and oxygen atoms in total. The largest absolute Gasteiger partial charge is 0.504 e. The Balaban J connectivity index is 2.71. The van der Waals surface area contributed by atoms with Gasteiger partial charge in [0, 0.05) is 22.2 Å². The third-order valence-electron chi connectivity index (χ3n) is 2.70. The number of phenolic OH excluding ortho intramolecular Hbond substituents is 2. The van der Waals surface area contributed by atoms with Gasteiger partial charge in [0.15, 0.2) is 5.75 Å². The Morgan fingerprint density at radius 3 is 1.95 bits per heavy atom. The molecule has 0 saturated heterocycles. The van der Waals surface area contributed by atoms with Crippen molar-refractivity contribution in [3.8, 4) is 11.5 Å². The average Bonchev–Trinajstić information content (AvgIpc) is 2.40. The van der Waals surface area contributed by atoms with E-state index in [-0.39, 0.29) is 14.9 Å². The quantitative estimate of drug-likeness (QED) is 0.491. The van der Waals surface area contributed by atoms with E-state index >= 15 is 0 Å². The first-order valence-electron chi connectivity index (χ1n) is 5.54. The Labute approximate surface area is 134 Å². The molecule has 0 aliphatic rings. The number of halogens is 2. The Morgan fingerprint density at radius 1 is 0.955 bits per heavy atom. The summed E-state index contributed by atoms with van der Waals surface area (Å²) in [5.74, 6) is -1.95. The normalized spacial score (nSPS) is 11.4. The van der Waals surface area contributed by atoms with Gasteiger partial charge in [0.1, 0.15) is 0 Å². The number of nitrogens with zero attached hydrogens (tertiary/aromatic N) is 1. The van der Waals surface area contributed by atoms with Crippen LogP contribution in [0.5, 0.6) is 11.5 Å². The minimum atomic E-state index is -4.22. The van der Waals surface area contributed by atoms with Crippen molar-refractivity contribution in [3.63, 3.8) is 0 Å². The summed E-state index contributed by atoms with van der Waals surface area (Å²) in [6.07, 6.45) is 0. The molecule has 0 aromatic heterocycles. The topological polar surface area (TPSA) is 118 Å². The summed E-state index contributed by atoms with van der Waals surface area (Å²) in [5, 5.41) is 29.8. The molecule has 2 aromatic carbocycles. The van der Waals surface area contributed by atoms with Gasteiger partial charge in [0.25, 0.3) is 0 Å². The number of hydrogen-bond acceptors (Lipinski definition) is 6. The fourth-order valence-corrected chi connectivity index (χ4v) is 3.72. The van der Waals surface area contributed by atoms with Crippen molar-refractivity contribution in [2.24, 2.45) is 0 Å². The molecule has 2 N–H and O–H groups in total. The molecular formula is C12H7Cl2NO6S. The number of rotatable bonds is 3. The van der Waals surface area contributed by atoms with Crippen LogP contribution in [0, 0.1) is 10.1 Å². The fourth-order valence-electron chi connectivity index (χ4n) is 1.69. The van der Waals surface area contributed by atoms with Gasteiger partial charge in [-0.2, -0.15) is 0 Å². The molecule has 116 valence electrons. The zero-order valence-electron chi connectivity index (χ0n) is 10.5. The predicted octanol–water partition coefficient (Wildman–Crippen LogP) is 3.15. The molecule has 0 aliphatic heterocycles. The molecular weight excluding hydrogens is 357 g/mol. The van der Waals surface area contributed by atoms with E-state index in [9.17, 15) is 28.7 Å². The molecule has 0 amide bonds. The highest BCUT2D eigenvalue weighted by molar-refractivity contribution is 7.91. The van der Waals surface area contributed by atoms with Crippen molar-refractivity contribution in [2.45, 2.75) is 9.79 Å². The molecule has 0 aliphatic carbocycles. The number of nitro groups is 1. The molecule has 0 saturated carbocycles. The zero-order valence-corrected chi connectivity index (χ0v) is 12.9. The van der Waals surface area contributed by atoms with Crippen LogP contribution in [-0.4, -0.2) is 23.6 Å². The Hall–Kier alpha value is -2.03. The van der Waals surface area contributed by atoms with E-state index in [1.54, 1.807) is 0 Å². The van der Waals surface area contributed by atoms with Crippen LogP contribution < -0.4 is 0 Å².